The zero-order valence-corrected chi connectivity index (χ0v) is 16.0. The van der Waals surface area contributed by atoms with E-state index in [1.807, 2.05) is 6.07 Å². The molecule has 3 heteroatoms. The summed E-state index contributed by atoms with van der Waals surface area (Å²) in [5.41, 5.74) is 9.57. The number of carbonyl (C=O) groups is 1. The van der Waals surface area contributed by atoms with Crippen molar-refractivity contribution >= 4 is 5.91 Å². The van der Waals surface area contributed by atoms with E-state index in [0.29, 0.717) is 23.1 Å². The van der Waals surface area contributed by atoms with Gasteiger partial charge in [-0.2, -0.15) is 0 Å². The van der Waals surface area contributed by atoms with Crippen molar-refractivity contribution in [1.82, 2.24) is 5.32 Å². The maximum atomic E-state index is 11.8. The van der Waals surface area contributed by atoms with E-state index in [-0.39, 0.29) is 5.91 Å². The maximum Gasteiger partial charge on any atom is 0.248 e. The molecule has 3 N–H and O–H groups in total. The molecule has 2 unspecified atom stereocenters. The lowest BCUT2D eigenvalue weighted by molar-refractivity contribution is 0.0238. The molecule has 1 amide bonds. The van der Waals surface area contributed by atoms with Crippen LogP contribution < -0.4 is 11.1 Å². The van der Waals surface area contributed by atoms with E-state index in [1.165, 1.54) is 68.9 Å². The minimum absolute atomic E-state index is 0.285. The van der Waals surface area contributed by atoms with Crippen LogP contribution in [0.2, 0.25) is 0 Å². The molecule has 0 spiro atoms. The first kappa shape index (κ1) is 16.8. The van der Waals surface area contributed by atoms with Gasteiger partial charge < -0.3 is 11.1 Å². The third kappa shape index (κ3) is 2.54. The highest BCUT2D eigenvalue weighted by Crippen LogP contribution is 2.59. The van der Waals surface area contributed by atoms with Crippen LogP contribution in [-0.2, 0) is 11.8 Å². The Labute approximate surface area is 157 Å². The summed E-state index contributed by atoms with van der Waals surface area (Å²) in [5.74, 6) is 2.18. The zero-order chi connectivity index (χ0) is 17.9. The van der Waals surface area contributed by atoms with Crippen LogP contribution in [0.4, 0.5) is 0 Å². The second kappa shape index (κ2) is 6.09. The largest absolute Gasteiger partial charge is 0.366 e. The van der Waals surface area contributed by atoms with Crippen LogP contribution in [-0.4, -0.2) is 18.0 Å². The van der Waals surface area contributed by atoms with Crippen LogP contribution in [0.1, 0.15) is 79.8 Å². The van der Waals surface area contributed by atoms with Crippen molar-refractivity contribution in [3.63, 3.8) is 0 Å². The highest BCUT2D eigenvalue weighted by Gasteiger charge is 2.54. The molecule has 5 rings (SSSR count). The van der Waals surface area contributed by atoms with E-state index < -0.39 is 0 Å². The van der Waals surface area contributed by atoms with E-state index in [9.17, 15) is 4.79 Å². The molecular formula is C23H32N2O. The highest BCUT2D eigenvalue weighted by atomic mass is 16.1. The summed E-state index contributed by atoms with van der Waals surface area (Å²) in [6, 6.07) is 7.67. The fraction of sp³-hybridized carbons (Fsp3) is 0.696. The number of primary amides is 1. The monoisotopic (exact) mass is 352 g/mol. The van der Waals surface area contributed by atoms with Crippen LogP contribution >= 0.6 is 0 Å². The fourth-order valence-corrected chi connectivity index (χ4v) is 6.76. The molecule has 1 aromatic rings. The summed E-state index contributed by atoms with van der Waals surface area (Å²) < 4.78 is 0. The number of amides is 1. The third-order valence-corrected chi connectivity index (χ3v) is 8.23. The van der Waals surface area contributed by atoms with Crippen molar-refractivity contribution in [2.75, 3.05) is 0 Å². The summed E-state index contributed by atoms with van der Waals surface area (Å²) in [4.78, 5) is 11.8. The topological polar surface area (TPSA) is 55.1 Å². The molecule has 4 aliphatic rings. The van der Waals surface area contributed by atoms with Gasteiger partial charge in [-0.05, 0) is 98.3 Å². The molecule has 0 heterocycles. The van der Waals surface area contributed by atoms with Crippen LogP contribution in [0.5, 0.6) is 0 Å². The van der Waals surface area contributed by atoms with E-state index in [1.54, 1.807) is 0 Å². The third-order valence-electron chi connectivity index (χ3n) is 8.23. The first-order chi connectivity index (χ1) is 12.6. The second-order valence-electron chi connectivity index (χ2n) is 9.55. The lowest BCUT2D eigenvalue weighted by atomic mass is 9.47. The standard InChI is InChI=1S/C23H32N2O/c1-14(15-5-6-15)25-21-9-11-23-10-3-2-4-19(23)18(21)12-16-7-8-17(22(24)26)13-20(16)23/h7-8,13-15,18-19,21,25H,2-6,9-12H2,1H3,(H2,24,26)/t14-,18-,19?,21?,23-/m1/s1. The normalized spacial score (nSPS) is 36.7. The molecule has 0 radical (unpaired) electrons. The van der Waals surface area contributed by atoms with Crippen molar-refractivity contribution in [1.29, 1.82) is 0 Å². The van der Waals surface area contributed by atoms with E-state index in [2.05, 4.69) is 24.4 Å². The predicted molar refractivity (Wildman–Crippen MR) is 104 cm³/mol. The Morgan fingerprint density at radius 2 is 2.04 bits per heavy atom. The van der Waals surface area contributed by atoms with Gasteiger partial charge in [0.1, 0.15) is 0 Å². The van der Waals surface area contributed by atoms with Gasteiger partial charge in [-0.25, -0.2) is 0 Å². The number of carbonyl (C=O) groups excluding carboxylic acids is 1. The predicted octanol–water partition coefficient (Wildman–Crippen LogP) is 3.94. The molecule has 2 bridgehead atoms. The Morgan fingerprint density at radius 3 is 2.81 bits per heavy atom. The molecular weight excluding hydrogens is 320 g/mol. The Balaban J connectivity index is 1.52. The average Bonchev–Trinajstić information content (AvgIpc) is 3.48. The van der Waals surface area contributed by atoms with Crippen LogP contribution in [0.15, 0.2) is 18.2 Å². The fourth-order valence-electron chi connectivity index (χ4n) is 6.76. The zero-order valence-electron chi connectivity index (χ0n) is 16.0. The maximum absolute atomic E-state index is 11.8. The number of benzene rings is 1. The summed E-state index contributed by atoms with van der Waals surface area (Å²) in [6.45, 7) is 2.40. The Kier molecular flexibility index (Phi) is 3.93. The number of rotatable bonds is 4. The molecule has 5 atom stereocenters. The van der Waals surface area contributed by atoms with Crippen LogP contribution in [0, 0.1) is 17.8 Å². The van der Waals surface area contributed by atoms with Gasteiger partial charge in [0, 0.05) is 17.6 Å². The van der Waals surface area contributed by atoms with Crippen LogP contribution in [0.25, 0.3) is 0 Å². The van der Waals surface area contributed by atoms with E-state index in [4.69, 9.17) is 5.73 Å². The highest BCUT2D eigenvalue weighted by molar-refractivity contribution is 5.93. The molecule has 0 aliphatic heterocycles. The molecule has 1 aromatic carbocycles. The van der Waals surface area contributed by atoms with Gasteiger partial charge in [0.25, 0.3) is 0 Å². The molecule has 3 nitrogen and oxygen atoms in total. The van der Waals surface area contributed by atoms with Crippen molar-refractivity contribution in [2.24, 2.45) is 23.5 Å². The quantitative estimate of drug-likeness (QED) is 0.862. The molecule has 26 heavy (non-hydrogen) atoms. The number of nitrogens with two attached hydrogens (primary N) is 1. The number of hydrogen-bond acceptors (Lipinski definition) is 2. The molecule has 140 valence electrons. The summed E-state index contributed by atoms with van der Waals surface area (Å²) >= 11 is 0. The molecule has 3 fully saturated rings. The molecule has 4 aliphatic carbocycles. The SMILES string of the molecule is C[C@@H](NC1CC[C@]23CCCCC2[C@H]1Cc1ccc(C(N)=O)cc13)C1CC1. The average molecular weight is 353 g/mol. The van der Waals surface area contributed by atoms with Gasteiger partial charge in [0.05, 0.1) is 0 Å². The molecule has 3 saturated carbocycles. The van der Waals surface area contributed by atoms with Crippen molar-refractivity contribution in [2.45, 2.75) is 82.2 Å². The first-order valence-corrected chi connectivity index (χ1v) is 10.8. The smallest absolute Gasteiger partial charge is 0.248 e. The van der Waals surface area contributed by atoms with E-state index >= 15 is 0 Å². The lowest BCUT2D eigenvalue weighted by Crippen LogP contribution is -2.58. The van der Waals surface area contributed by atoms with Gasteiger partial charge in [0.2, 0.25) is 5.91 Å². The minimum atomic E-state index is -0.285. The van der Waals surface area contributed by atoms with Crippen molar-refractivity contribution in [3.05, 3.63) is 34.9 Å². The lowest BCUT2D eigenvalue weighted by Gasteiger charge is -2.58. The molecule has 0 saturated heterocycles. The summed E-state index contributed by atoms with van der Waals surface area (Å²) in [7, 11) is 0. The number of hydrogen-bond donors (Lipinski definition) is 2. The number of fused-ring (bicyclic) bond motifs is 1. The molecule has 0 aromatic heterocycles. The minimum Gasteiger partial charge on any atom is -0.366 e. The summed E-state index contributed by atoms with van der Waals surface area (Å²) in [5, 5.41) is 4.05. The Morgan fingerprint density at radius 1 is 1.19 bits per heavy atom. The van der Waals surface area contributed by atoms with Gasteiger partial charge in [0.15, 0.2) is 0 Å². The van der Waals surface area contributed by atoms with Gasteiger partial charge >= 0.3 is 0 Å². The van der Waals surface area contributed by atoms with Crippen molar-refractivity contribution in [3.8, 4) is 0 Å². The van der Waals surface area contributed by atoms with Crippen LogP contribution in [0.3, 0.4) is 0 Å². The second-order valence-corrected chi connectivity index (χ2v) is 9.55. The van der Waals surface area contributed by atoms with Gasteiger partial charge in [-0.15, -0.1) is 0 Å². The first-order valence-electron chi connectivity index (χ1n) is 10.8. The van der Waals surface area contributed by atoms with Crippen molar-refractivity contribution < 1.29 is 4.79 Å². The van der Waals surface area contributed by atoms with Gasteiger partial charge in [-0.3, -0.25) is 4.79 Å². The summed E-state index contributed by atoms with van der Waals surface area (Å²) in [6.07, 6.45) is 11.9. The Bertz CT molecular complexity index is 725. The van der Waals surface area contributed by atoms with Gasteiger partial charge in [-0.1, -0.05) is 18.9 Å². The number of nitrogens with one attached hydrogen (secondary N) is 1. The Hall–Kier alpha value is -1.35. The van der Waals surface area contributed by atoms with E-state index in [0.717, 1.165) is 17.8 Å².